The first-order valence-electron chi connectivity index (χ1n) is 6.74. The quantitative estimate of drug-likeness (QED) is 0.721. The van der Waals surface area contributed by atoms with Crippen molar-refractivity contribution in [3.05, 3.63) is 29.8 Å². The zero-order chi connectivity index (χ0) is 14.3. The van der Waals surface area contributed by atoms with E-state index in [1.807, 2.05) is 31.2 Å². The third-order valence-electron chi connectivity index (χ3n) is 3.28. The highest BCUT2D eigenvalue weighted by Gasteiger charge is 2.12. The molecular formula is C16H24O3. The lowest BCUT2D eigenvalue weighted by atomic mass is 9.95. The van der Waals surface area contributed by atoms with Gasteiger partial charge in [-0.15, -0.1) is 0 Å². The summed E-state index contributed by atoms with van der Waals surface area (Å²) in [5.41, 5.74) is 1.13. The molecule has 0 bridgehead atoms. The zero-order valence-corrected chi connectivity index (χ0v) is 12.3. The first-order chi connectivity index (χ1) is 9.02. The highest BCUT2D eigenvalue weighted by molar-refractivity contribution is 5.77. The summed E-state index contributed by atoms with van der Waals surface area (Å²) in [6.07, 6.45) is 0.887. The normalized spacial score (nSPS) is 13.9. The average molecular weight is 264 g/mol. The molecule has 0 heterocycles. The van der Waals surface area contributed by atoms with E-state index in [0.717, 1.165) is 17.7 Å². The van der Waals surface area contributed by atoms with Gasteiger partial charge in [-0.3, -0.25) is 4.79 Å². The van der Waals surface area contributed by atoms with E-state index in [1.54, 1.807) is 14.0 Å². The number of ketones is 1. The summed E-state index contributed by atoms with van der Waals surface area (Å²) >= 11 is 0. The second-order valence-corrected chi connectivity index (χ2v) is 5.22. The molecule has 2 atom stereocenters. The van der Waals surface area contributed by atoms with Crippen LogP contribution in [-0.2, 0) is 16.1 Å². The Morgan fingerprint density at radius 1 is 1.21 bits per heavy atom. The van der Waals surface area contributed by atoms with Gasteiger partial charge in [0.2, 0.25) is 0 Å². The second kappa shape index (κ2) is 7.95. The standard InChI is InChI=1S/C16H24O3/c1-12(9-13(2)14(3)17)10-19-11-15-5-7-16(18-4)8-6-15/h5-8,12-13H,9-11H2,1-4H3/t12-,13+/m1/s1. The number of rotatable bonds is 8. The van der Waals surface area contributed by atoms with Crippen molar-refractivity contribution in [3.63, 3.8) is 0 Å². The van der Waals surface area contributed by atoms with E-state index in [-0.39, 0.29) is 11.7 Å². The average Bonchev–Trinajstić information content (AvgIpc) is 2.39. The van der Waals surface area contributed by atoms with Crippen LogP contribution in [0.1, 0.15) is 32.8 Å². The molecule has 0 aromatic heterocycles. The van der Waals surface area contributed by atoms with Gasteiger partial charge in [-0.2, -0.15) is 0 Å². The van der Waals surface area contributed by atoms with Gasteiger partial charge in [0.15, 0.2) is 0 Å². The van der Waals surface area contributed by atoms with Gasteiger partial charge in [0.05, 0.1) is 13.7 Å². The Labute approximate surface area is 115 Å². The molecule has 106 valence electrons. The fraction of sp³-hybridized carbons (Fsp3) is 0.562. The summed E-state index contributed by atoms with van der Waals surface area (Å²) in [5.74, 6) is 1.63. The van der Waals surface area contributed by atoms with Gasteiger partial charge in [-0.1, -0.05) is 26.0 Å². The minimum Gasteiger partial charge on any atom is -0.497 e. The molecular weight excluding hydrogens is 240 g/mol. The van der Waals surface area contributed by atoms with E-state index in [2.05, 4.69) is 6.92 Å². The van der Waals surface area contributed by atoms with Crippen LogP contribution in [0.25, 0.3) is 0 Å². The van der Waals surface area contributed by atoms with E-state index in [9.17, 15) is 4.79 Å². The second-order valence-electron chi connectivity index (χ2n) is 5.22. The summed E-state index contributed by atoms with van der Waals surface area (Å²) in [4.78, 5) is 11.2. The number of hydrogen-bond acceptors (Lipinski definition) is 3. The molecule has 0 saturated carbocycles. The minimum absolute atomic E-state index is 0.125. The number of methoxy groups -OCH3 is 1. The third-order valence-corrected chi connectivity index (χ3v) is 3.28. The summed E-state index contributed by atoms with van der Waals surface area (Å²) in [7, 11) is 1.66. The Hall–Kier alpha value is -1.35. The summed E-state index contributed by atoms with van der Waals surface area (Å²) < 4.78 is 10.8. The fourth-order valence-corrected chi connectivity index (χ4v) is 1.94. The van der Waals surface area contributed by atoms with Gasteiger partial charge < -0.3 is 9.47 Å². The Morgan fingerprint density at radius 2 is 1.84 bits per heavy atom. The van der Waals surface area contributed by atoms with Gasteiger partial charge in [0.1, 0.15) is 11.5 Å². The zero-order valence-electron chi connectivity index (χ0n) is 12.3. The third kappa shape index (κ3) is 5.88. The highest BCUT2D eigenvalue weighted by Crippen LogP contribution is 2.15. The number of carbonyl (C=O) groups is 1. The maximum absolute atomic E-state index is 11.2. The van der Waals surface area contributed by atoms with Crippen molar-refractivity contribution in [2.75, 3.05) is 13.7 Å². The predicted molar refractivity (Wildman–Crippen MR) is 76.3 cm³/mol. The van der Waals surface area contributed by atoms with Crippen LogP contribution >= 0.6 is 0 Å². The van der Waals surface area contributed by atoms with Crippen LogP contribution in [-0.4, -0.2) is 19.5 Å². The lowest BCUT2D eigenvalue weighted by Crippen LogP contribution is -2.14. The molecule has 0 spiro atoms. The molecule has 0 N–H and O–H groups in total. The molecule has 1 aromatic carbocycles. The van der Waals surface area contributed by atoms with Gasteiger partial charge in [-0.05, 0) is 37.0 Å². The smallest absolute Gasteiger partial charge is 0.132 e. The molecule has 0 aliphatic rings. The van der Waals surface area contributed by atoms with Crippen molar-refractivity contribution >= 4 is 5.78 Å². The summed E-state index contributed by atoms with van der Waals surface area (Å²) in [6, 6.07) is 7.86. The molecule has 0 amide bonds. The predicted octanol–water partition coefficient (Wildman–Crippen LogP) is 3.46. The molecule has 0 fully saturated rings. The van der Waals surface area contributed by atoms with Crippen LogP contribution in [0.4, 0.5) is 0 Å². The van der Waals surface area contributed by atoms with E-state index in [0.29, 0.717) is 19.1 Å². The molecule has 0 saturated heterocycles. The number of Topliss-reactive ketones (excluding diaryl/α,β-unsaturated/α-hetero) is 1. The lowest BCUT2D eigenvalue weighted by Gasteiger charge is -2.15. The Morgan fingerprint density at radius 3 is 2.37 bits per heavy atom. The minimum atomic E-state index is 0.125. The van der Waals surface area contributed by atoms with Crippen molar-refractivity contribution in [1.29, 1.82) is 0 Å². The molecule has 3 heteroatoms. The van der Waals surface area contributed by atoms with Crippen LogP contribution in [0.5, 0.6) is 5.75 Å². The molecule has 19 heavy (non-hydrogen) atoms. The Kier molecular flexibility index (Phi) is 6.57. The maximum Gasteiger partial charge on any atom is 0.132 e. The van der Waals surface area contributed by atoms with Gasteiger partial charge in [0.25, 0.3) is 0 Å². The molecule has 0 aliphatic heterocycles. The molecule has 1 aromatic rings. The fourth-order valence-electron chi connectivity index (χ4n) is 1.94. The van der Waals surface area contributed by atoms with Crippen molar-refractivity contribution < 1.29 is 14.3 Å². The molecule has 1 rings (SSSR count). The first kappa shape index (κ1) is 15.7. The van der Waals surface area contributed by atoms with Crippen LogP contribution < -0.4 is 4.74 Å². The lowest BCUT2D eigenvalue weighted by molar-refractivity contribution is -0.120. The Balaban J connectivity index is 2.27. The van der Waals surface area contributed by atoms with Crippen LogP contribution in [0.3, 0.4) is 0 Å². The van der Waals surface area contributed by atoms with E-state index < -0.39 is 0 Å². The molecule has 0 aliphatic carbocycles. The van der Waals surface area contributed by atoms with Crippen LogP contribution in [0.2, 0.25) is 0 Å². The topological polar surface area (TPSA) is 35.5 Å². The van der Waals surface area contributed by atoms with Crippen molar-refractivity contribution in [2.45, 2.75) is 33.8 Å². The summed E-state index contributed by atoms with van der Waals surface area (Å²) in [5, 5.41) is 0. The summed E-state index contributed by atoms with van der Waals surface area (Å²) in [6.45, 7) is 7.03. The van der Waals surface area contributed by atoms with Crippen molar-refractivity contribution in [3.8, 4) is 5.75 Å². The van der Waals surface area contributed by atoms with E-state index in [1.165, 1.54) is 0 Å². The largest absolute Gasteiger partial charge is 0.497 e. The number of carbonyl (C=O) groups excluding carboxylic acids is 1. The Bertz CT molecular complexity index is 383. The van der Waals surface area contributed by atoms with Gasteiger partial charge >= 0.3 is 0 Å². The van der Waals surface area contributed by atoms with Gasteiger partial charge in [0, 0.05) is 12.5 Å². The van der Waals surface area contributed by atoms with Gasteiger partial charge in [-0.25, -0.2) is 0 Å². The van der Waals surface area contributed by atoms with Crippen molar-refractivity contribution in [1.82, 2.24) is 0 Å². The molecule has 0 radical (unpaired) electrons. The number of hydrogen-bond donors (Lipinski definition) is 0. The van der Waals surface area contributed by atoms with Crippen LogP contribution in [0, 0.1) is 11.8 Å². The van der Waals surface area contributed by atoms with E-state index in [4.69, 9.17) is 9.47 Å². The van der Waals surface area contributed by atoms with E-state index >= 15 is 0 Å². The SMILES string of the molecule is COc1ccc(COC[C@H](C)C[C@H](C)C(C)=O)cc1. The van der Waals surface area contributed by atoms with Crippen LogP contribution in [0.15, 0.2) is 24.3 Å². The number of benzene rings is 1. The molecule has 0 unspecified atom stereocenters. The first-order valence-corrected chi connectivity index (χ1v) is 6.74. The highest BCUT2D eigenvalue weighted by atomic mass is 16.5. The van der Waals surface area contributed by atoms with Crippen molar-refractivity contribution in [2.24, 2.45) is 11.8 Å². The molecule has 3 nitrogen and oxygen atoms in total. The monoisotopic (exact) mass is 264 g/mol. The maximum atomic E-state index is 11.2. The number of ether oxygens (including phenoxy) is 2.